The van der Waals surface area contributed by atoms with Crippen LogP contribution >= 0.6 is 0 Å². The second kappa shape index (κ2) is 9.93. The van der Waals surface area contributed by atoms with E-state index in [2.05, 4.69) is 70.6 Å². The molecule has 0 aliphatic heterocycles. The molecule has 0 fully saturated rings. The van der Waals surface area contributed by atoms with Gasteiger partial charge in [0.2, 0.25) is 0 Å². The monoisotopic (exact) mass is 524 g/mol. The van der Waals surface area contributed by atoms with E-state index in [1.807, 2.05) is 36.4 Å². The molecule has 5 nitrogen and oxygen atoms in total. The van der Waals surface area contributed by atoms with Gasteiger partial charge in [0.1, 0.15) is 11.2 Å². The number of hydrogen-bond acceptors (Lipinski definition) is 5. The first-order valence-electron chi connectivity index (χ1n) is 13.1. The van der Waals surface area contributed by atoms with Crippen LogP contribution in [0.25, 0.3) is 66.7 Å². The van der Waals surface area contributed by atoms with Gasteiger partial charge in [0.05, 0.1) is 34.7 Å². The van der Waals surface area contributed by atoms with Crippen LogP contribution in [0.1, 0.15) is 11.1 Å². The van der Waals surface area contributed by atoms with Crippen molar-refractivity contribution >= 4 is 21.9 Å². The van der Waals surface area contributed by atoms with Crippen molar-refractivity contribution in [2.24, 2.45) is 0 Å². The Labute approximate surface area is 236 Å². The van der Waals surface area contributed by atoms with E-state index in [1.165, 1.54) is 0 Å². The first kappa shape index (κ1) is 24.0. The van der Waals surface area contributed by atoms with E-state index >= 15 is 0 Å². The molecule has 5 heteroatoms. The molecule has 3 aromatic heterocycles. The van der Waals surface area contributed by atoms with Gasteiger partial charge in [-0.05, 0) is 70.8 Å². The standard InChI is InChI=1S/C36H20N4O/c37-21-23-13-15-39-33(17-23)27-5-1-25(2-6-27)29-9-11-35-31(19-29)32-20-30(10-12-36(32)41-35)26-3-7-28(8-4-26)34-18-24(22-38)14-16-40-34/h1-20H. The molecule has 0 atom stereocenters. The van der Waals surface area contributed by atoms with Crippen molar-refractivity contribution in [3.63, 3.8) is 0 Å². The number of pyridine rings is 2. The van der Waals surface area contributed by atoms with E-state index in [0.717, 1.165) is 66.7 Å². The van der Waals surface area contributed by atoms with E-state index in [1.54, 1.807) is 36.7 Å². The fraction of sp³-hybridized carbons (Fsp3) is 0. The molecule has 0 saturated heterocycles. The zero-order valence-electron chi connectivity index (χ0n) is 21.7. The average Bonchev–Trinajstić information content (AvgIpc) is 3.42. The highest BCUT2D eigenvalue weighted by Crippen LogP contribution is 2.36. The minimum Gasteiger partial charge on any atom is -0.456 e. The van der Waals surface area contributed by atoms with E-state index in [4.69, 9.17) is 4.42 Å². The number of nitrogens with zero attached hydrogens (tertiary/aromatic N) is 4. The van der Waals surface area contributed by atoms with Crippen molar-refractivity contribution in [3.8, 4) is 56.9 Å². The van der Waals surface area contributed by atoms with Crippen LogP contribution in [0.3, 0.4) is 0 Å². The van der Waals surface area contributed by atoms with Crippen LogP contribution in [-0.4, -0.2) is 9.97 Å². The molecule has 0 bridgehead atoms. The molecule has 0 saturated carbocycles. The highest BCUT2D eigenvalue weighted by molar-refractivity contribution is 6.07. The lowest BCUT2D eigenvalue weighted by Gasteiger charge is -2.06. The van der Waals surface area contributed by atoms with Gasteiger partial charge in [0.15, 0.2) is 0 Å². The summed E-state index contributed by atoms with van der Waals surface area (Å²) in [6.07, 6.45) is 3.32. The number of aromatic nitrogens is 2. The molecule has 0 aliphatic rings. The summed E-state index contributed by atoms with van der Waals surface area (Å²) >= 11 is 0. The number of hydrogen-bond donors (Lipinski definition) is 0. The van der Waals surface area contributed by atoms with Crippen molar-refractivity contribution in [2.45, 2.75) is 0 Å². The van der Waals surface area contributed by atoms with Crippen LogP contribution in [0, 0.1) is 22.7 Å². The van der Waals surface area contributed by atoms with Gasteiger partial charge >= 0.3 is 0 Å². The molecule has 0 N–H and O–H groups in total. The summed E-state index contributed by atoms with van der Waals surface area (Å²) in [6, 6.07) is 40.3. The molecule has 0 amide bonds. The number of rotatable bonds is 4. The maximum absolute atomic E-state index is 9.20. The summed E-state index contributed by atoms with van der Waals surface area (Å²) in [4.78, 5) is 8.82. The van der Waals surface area contributed by atoms with Crippen LogP contribution in [0.2, 0.25) is 0 Å². The second-order valence-corrected chi connectivity index (χ2v) is 9.76. The number of benzene rings is 4. The van der Waals surface area contributed by atoms with Gasteiger partial charge in [0.25, 0.3) is 0 Å². The third-order valence-corrected chi connectivity index (χ3v) is 7.28. The third kappa shape index (κ3) is 4.48. The highest BCUT2D eigenvalue weighted by Gasteiger charge is 2.11. The molecule has 7 rings (SSSR count). The van der Waals surface area contributed by atoms with Gasteiger partial charge < -0.3 is 4.42 Å². The van der Waals surface area contributed by atoms with Crippen LogP contribution in [0.5, 0.6) is 0 Å². The normalized spacial score (nSPS) is 10.9. The molecule has 0 unspecified atom stereocenters. The third-order valence-electron chi connectivity index (χ3n) is 7.28. The van der Waals surface area contributed by atoms with Crippen LogP contribution in [0.4, 0.5) is 0 Å². The first-order chi connectivity index (χ1) is 20.2. The number of nitriles is 2. The molecule has 41 heavy (non-hydrogen) atoms. The Balaban J connectivity index is 1.22. The summed E-state index contributed by atoms with van der Waals surface area (Å²) in [6.45, 7) is 0. The maximum Gasteiger partial charge on any atom is 0.135 e. The van der Waals surface area contributed by atoms with Crippen molar-refractivity contribution in [1.82, 2.24) is 9.97 Å². The lowest BCUT2D eigenvalue weighted by molar-refractivity contribution is 0.669. The van der Waals surface area contributed by atoms with E-state index < -0.39 is 0 Å². The Bertz CT molecular complexity index is 2010. The molecule has 190 valence electrons. The zero-order chi connectivity index (χ0) is 27.8. The molecule has 7 aromatic rings. The summed E-state index contributed by atoms with van der Waals surface area (Å²) in [5.41, 5.74) is 10.7. The summed E-state index contributed by atoms with van der Waals surface area (Å²) in [5, 5.41) is 20.5. The molecule has 3 heterocycles. The van der Waals surface area contributed by atoms with Gasteiger partial charge in [-0.15, -0.1) is 0 Å². The Hall–Kier alpha value is -6.04. The van der Waals surface area contributed by atoms with Crippen molar-refractivity contribution in [2.75, 3.05) is 0 Å². The Morgan fingerprint density at radius 1 is 0.439 bits per heavy atom. The molecule has 4 aromatic carbocycles. The lowest BCUT2D eigenvalue weighted by Crippen LogP contribution is -1.86. The fourth-order valence-corrected chi connectivity index (χ4v) is 5.12. The summed E-state index contributed by atoms with van der Waals surface area (Å²) in [7, 11) is 0. The minimum atomic E-state index is 0.592. The van der Waals surface area contributed by atoms with E-state index in [-0.39, 0.29) is 0 Å². The van der Waals surface area contributed by atoms with Crippen molar-refractivity contribution < 1.29 is 4.42 Å². The van der Waals surface area contributed by atoms with Crippen LogP contribution in [-0.2, 0) is 0 Å². The van der Waals surface area contributed by atoms with Crippen molar-refractivity contribution in [3.05, 3.63) is 133 Å². The quantitative estimate of drug-likeness (QED) is 0.230. The smallest absolute Gasteiger partial charge is 0.135 e. The summed E-state index contributed by atoms with van der Waals surface area (Å²) in [5.74, 6) is 0. The molecule has 0 aliphatic carbocycles. The average molecular weight is 525 g/mol. The molecule has 0 spiro atoms. The Morgan fingerprint density at radius 3 is 1.24 bits per heavy atom. The topological polar surface area (TPSA) is 86.5 Å². The van der Waals surface area contributed by atoms with Gasteiger partial charge in [0, 0.05) is 34.3 Å². The lowest BCUT2D eigenvalue weighted by atomic mass is 9.98. The zero-order valence-corrected chi connectivity index (χ0v) is 21.7. The van der Waals surface area contributed by atoms with E-state index in [0.29, 0.717) is 11.1 Å². The first-order valence-corrected chi connectivity index (χ1v) is 13.1. The molecular weight excluding hydrogens is 504 g/mol. The van der Waals surface area contributed by atoms with Crippen molar-refractivity contribution in [1.29, 1.82) is 10.5 Å². The van der Waals surface area contributed by atoms with Gasteiger partial charge in [-0.1, -0.05) is 60.7 Å². The molecule has 0 radical (unpaired) electrons. The number of fused-ring (bicyclic) bond motifs is 3. The highest BCUT2D eigenvalue weighted by atomic mass is 16.3. The van der Waals surface area contributed by atoms with Gasteiger partial charge in [-0.25, -0.2) is 0 Å². The van der Waals surface area contributed by atoms with Crippen LogP contribution in [0.15, 0.2) is 126 Å². The van der Waals surface area contributed by atoms with Gasteiger partial charge in [-0.3, -0.25) is 9.97 Å². The largest absolute Gasteiger partial charge is 0.456 e. The van der Waals surface area contributed by atoms with Crippen LogP contribution < -0.4 is 0 Å². The molecular formula is C36H20N4O. The van der Waals surface area contributed by atoms with E-state index in [9.17, 15) is 10.5 Å². The van der Waals surface area contributed by atoms with Gasteiger partial charge in [-0.2, -0.15) is 10.5 Å². The SMILES string of the molecule is N#Cc1ccnc(-c2ccc(-c3ccc4oc5ccc(-c6ccc(-c7cc(C#N)ccn7)cc6)cc5c4c3)cc2)c1. The Morgan fingerprint density at radius 2 is 0.829 bits per heavy atom. The number of furan rings is 1. The predicted molar refractivity (Wildman–Crippen MR) is 160 cm³/mol. The maximum atomic E-state index is 9.20. The fourth-order valence-electron chi connectivity index (χ4n) is 5.12. The second-order valence-electron chi connectivity index (χ2n) is 9.76. The predicted octanol–water partition coefficient (Wildman–Crippen LogP) is 8.79. The Kier molecular flexibility index (Phi) is 5.82. The minimum absolute atomic E-state index is 0.592. The summed E-state index contributed by atoms with van der Waals surface area (Å²) < 4.78 is 6.16.